The van der Waals surface area contributed by atoms with Crippen LogP contribution in [0.1, 0.15) is 53.6 Å². The quantitative estimate of drug-likeness (QED) is 0.391. The van der Waals surface area contributed by atoms with Crippen molar-refractivity contribution >= 4 is 23.5 Å². The molecule has 0 saturated heterocycles. The van der Waals surface area contributed by atoms with Crippen LogP contribution in [0.2, 0.25) is 0 Å². The summed E-state index contributed by atoms with van der Waals surface area (Å²) in [6.45, 7) is 2.46. The fraction of sp³-hybridized carbons (Fsp3) is 0.138. The largest absolute Gasteiger partial charge is 0.383 e. The van der Waals surface area contributed by atoms with Crippen LogP contribution in [0.3, 0.4) is 0 Å². The zero-order valence-electron chi connectivity index (χ0n) is 20.3. The van der Waals surface area contributed by atoms with Crippen LogP contribution in [0.4, 0.5) is 5.82 Å². The van der Waals surface area contributed by atoms with Crippen molar-refractivity contribution in [1.29, 1.82) is 0 Å². The van der Waals surface area contributed by atoms with Gasteiger partial charge in [0, 0.05) is 30.4 Å². The molecule has 3 aromatic carbocycles. The summed E-state index contributed by atoms with van der Waals surface area (Å²) in [5, 5.41) is 0. The van der Waals surface area contributed by atoms with Crippen LogP contribution in [0, 0.1) is 6.92 Å². The molecule has 5 rings (SSSR count). The molecular weight excluding hydrogens is 466 g/mol. The summed E-state index contributed by atoms with van der Waals surface area (Å²) >= 11 is 0. The molecule has 0 saturated carbocycles. The second-order valence-electron chi connectivity index (χ2n) is 8.92. The van der Waals surface area contributed by atoms with E-state index in [2.05, 4.69) is 9.97 Å². The Hall–Kier alpha value is -4.85. The Morgan fingerprint density at radius 1 is 0.865 bits per heavy atom. The molecule has 3 amide bonds. The van der Waals surface area contributed by atoms with Gasteiger partial charge in [-0.1, -0.05) is 60.7 Å². The fourth-order valence-corrected chi connectivity index (χ4v) is 4.36. The van der Waals surface area contributed by atoms with Crippen molar-refractivity contribution in [3.63, 3.8) is 0 Å². The maximum Gasteiger partial charge on any atom is 0.261 e. The highest BCUT2D eigenvalue weighted by Gasteiger charge is 2.36. The van der Waals surface area contributed by atoms with Crippen LogP contribution in [-0.4, -0.2) is 37.5 Å². The smallest absolute Gasteiger partial charge is 0.261 e. The van der Waals surface area contributed by atoms with Crippen molar-refractivity contribution in [1.82, 2.24) is 19.8 Å². The van der Waals surface area contributed by atoms with E-state index in [4.69, 9.17) is 5.73 Å². The average molecular weight is 492 g/mol. The van der Waals surface area contributed by atoms with E-state index in [-0.39, 0.29) is 29.4 Å². The fourth-order valence-electron chi connectivity index (χ4n) is 4.36. The summed E-state index contributed by atoms with van der Waals surface area (Å²) in [5.41, 5.74) is 9.22. The van der Waals surface area contributed by atoms with Crippen molar-refractivity contribution in [3.05, 3.63) is 124 Å². The van der Waals surface area contributed by atoms with E-state index in [1.54, 1.807) is 24.0 Å². The summed E-state index contributed by atoms with van der Waals surface area (Å²) in [7, 11) is 0. The lowest BCUT2D eigenvalue weighted by Crippen LogP contribution is -2.30. The van der Waals surface area contributed by atoms with Gasteiger partial charge in [0.15, 0.2) is 0 Å². The number of amides is 3. The van der Waals surface area contributed by atoms with Crippen LogP contribution >= 0.6 is 0 Å². The standard InChI is InChI=1S/C29H25N5O3/c1-19-31-15-23(26(30)32-19)18-34-28(36)24-13-12-22(14-25(24)29(34)37)27(35)33(16-20-8-4-2-5-9-20)17-21-10-6-3-7-11-21/h2-15H,16-18H2,1H3,(H2,30,31,32). The predicted octanol–water partition coefficient (Wildman–Crippen LogP) is 4.01. The first-order valence-corrected chi connectivity index (χ1v) is 11.9. The monoisotopic (exact) mass is 491 g/mol. The zero-order chi connectivity index (χ0) is 25.9. The number of hydrogen-bond acceptors (Lipinski definition) is 6. The van der Waals surface area contributed by atoms with Gasteiger partial charge in [-0.15, -0.1) is 0 Å². The Morgan fingerprint density at radius 2 is 1.46 bits per heavy atom. The molecule has 0 fully saturated rings. The number of carbonyl (C=O) groups is 3. The number of fused-ring (bicyclic) bond motifs is 1. The Kier molecular flexibility index (Phi) is 6.47. The maximum atomic E-state index is 13.7. The van der Waals surface area contributed by atoms with Crippen molar-refractivity contribution in [2.24, 2.45) is 0 Å². The third kappa shape index (κ3) is 4.95. The van der Waals surface area contributed by atoms with Gasteiger partial charge in [-0.3, -0.25) is 19.3 Å². The predicted molar refractivity (Wildman–Crippen MR) is 138 cm³/mol. The van der Waals surface area contributed by atoms with E-state index in [1.807, 2.05) is 60.7 Å². The molecule has 8 nitrogen and oxygen atoms in total. The molecule has 37 heavy (non-hydrogen) atoms. The number of rotatable bonds is 7. The number of carbonyl (C=O) groups excluding carboxylic acids is 3. The number of nitrogens with two attached hydrogens (primary N) is 1. The Bertz CT molecular complexity index is 1450. The lowest BCUT2D eigenvalue weighted by molar-refractivity contribution is 0.0642. The first-order chi connectivity index (χ1) is 17.9. The summed E-state index contributed by atoms with van der Waals surface area (Å²) in [6, 6.07) is 24.1. The normalized spacial score (nSPS) is 12.5. The minimum absolute atomic E-state index is 0.0458. The topological polar surface area (TPSA) is 109 Å². The lowest BCUT2D eigenvalue weighted by atomic mass is 10.0. The van der Waals surface area contributed by atoms with Crippen LogP contribution < -0.4 is 5.73 Å². The molecule has 0 unspecified atom stereocenters. The van der Waals surface area contributed by atoms with Crippen LogP contribution in [0.15, 0.2) is 85.1 Å². The summed E-state index contributed by atoms with van der Waals surface area (Å²) < 4.78 is 0. The first kappa shape index (κ1) is 23.9. The minimum Gasteiger partial charge on any atom is -0.383 e. The molecule has 0 spiro atoms. The molecule has 0 radical (unpaired) electrons. The van der Waals surface area contributed by atoms with Crippen LogP contribution in [0.5, 0.6) is 0 Å². The molecule has 1 aromatic heterocycles. The number of aromatic nitrogens is 2. The van der Waals surface area contributed by atoms with Crippen molar-refractivity contribution in [2.45, 2.75) is 26.6 Å². The Labute approximate surface area is 214 Å². The number of imide groups is 1. The van der Waals surface area contributed by atoms with Gasteiger partial charge in [0.05, 0.1) is 17.7 Å². The number of hydrogen-bond donors (Lipinski definition) is 1. The second kappa shape index (κ2) is 10.0. The summed E-state index contributed by atoms with van der Waals surface area (Å²) in [5.74, 6) is -0.429. The van der Waals surface area contributed by atoms with Gasteiger partial charge in [0.25, 0.3) is 17.7 Å². The third-order valence-corrected chi connectivity index (χ3v) is 6.28. The molecule has 2 N–H and O–H groups in total. The highest BCUT2D eigenvalue weighted by Crippen LogP contribution is 2.27. The van der Waals surface area contributed by atoms with Crippen LogP contribution in [0.25, 0.3) is 0 Å². The number of benzene rings is 3. The van der Waals surface area contributed by atoms with Gasteiger partial charge in [0.2, 0.25) is 0 Å². The van der Waals surface area contributed by atoms with E-state index in [0.29, 0.717) is 30.0 Å². The number of anilines is 1. The van der Waals surface area contributed by atoms with E-state index in [1.165, 1.54) is 12.3 Å². The number of aryl methyl sites for hydroxylation is 1. The zero-order valence-corrected chi connectivity index (χ0v) is 20.3. The molecule has 1 aliphatic heterocycles. The van der Waals surface area contributed by atoms with Gasteiger partial charge >= 0.3 is 0 Å². The molecule has 0 aliphatic carbocycles. The molecule has 4 aromatic rings. The average Bonchev–Trinajstić information content (AvgIpc) is 3.14. The molecule has 184 valence electrons. The van der Waals surface area contributed by atoms with Gasteiger partial charge in [-0.25, -0.2) is 9.97 Å². The Balaban J connectivity index is 1.42. The van der Waals surface area contributed by atoms with Crippen LogP contribution in [-0.2, 0) is 19.6 Å². The van der Waals surface area contributed by atoms with E-state index >= 15 is 0 Å². The van der Waals surface area contributed by atoms with E-state index < -0.39 is 11.8 Å². The van der Waals surface area contributed by atoms with Crippen molar-refractivity contribution in [2.75, 3.05) is 5.73 Å². The van der Waals surface area contributed by atoms with Gasteiger partial charge in [-0.05, 0) is 36.2 Å². The lowest BCUT2D eigenvalue weighted by Gasteiger charge is -2.23. The van der Waals surface area contributed by atoms with Crippen molar-refractivity contribution in [3.8, 4) is 0 Å². The first-order valence-electron chi connectivity index (χ1n) is 11.9. The molecule has 0 bridgehead atoms. The summed E-state index contributed by atoms with van der Waals surface area (Å²) in [4.78, 5) is 51.0. The molecule has 8 heteroatoms. The molecule has 2 heterocycles. The molecule has 1 aliphatic rings. The SMILES string of the molecule is Cc1ncc(CN2C(=O)c3ccc(C(=O)N(Cc4ccccc4)Cc4ccccc4)cc3C2=O)c(N)n1. The Morgan fingerprint density at radius 3 is 2.05 bits per heavy atom. The molecular formula is C29H25N5O3. The maximum absolute atomic E-state index is 13.7. The van der Waals surface area contributed by atoms with Gasteiger partial charge in [0.1, 0.15) is 11.6 Å². The van der Waals surface area contributed by atoms with Gasteiger partial charge < -0.3 is 10.6 Å². The second-order valence-corrected chi connectivity index (χ2v) is 8.92. The highest BCUT2D eigenvalue weighted by molar-refractivity contribution is 6.22. The minimum atomic E-state index is -0.479. The number of nitrogen functional groups attached to an aromatic ring is 1. The highest BCUT2D eigenvalue weighted by atomic mass is 16.2. The summed E-state index contributed by atoms with van der Waals surface area (Å²) in [6.07, 6.45) is 1.52. The van der Waals surface area contributed by atoms with Crippen molar-refractivity contribution < 1.29 is 14.4 Å². The van der Waals surface area contributed by atoms with E-state index in [9.17, 15) is 14.4 Å². The van der Waals surface area contributed by atoms with E-state index in [0.717, 1.165) is 16.0 Å². The molecule has 0 atom stereocenters. The van der Waals surface area contributed by atoms with Gasteiger partial charge in [-0.2, -0.15) is 0 Å². The number of nitrogens with zero attached hydrogens (tertiary/aromatic N) is 4. The third-order valence-electron chi connectivity index (χ3n) is 6.28.